The zero-order chi connectivity index (χ0) is 16.9. The van der Waals surface area contributed by atoms with Crippen LogP contribution in [0.3, 0.4) is 0 Å². The maximum Gasteiger partial charge on any atom is 0.244 e. The van der Waals surface area contributed by atoms with Gasteiger partial charge in [-0.25, -0.2) is 9.13 Å². The quantitative estimate of drug-likeness (QED) is 0.641. The van der Waals surface area contributed by atoms with Crippen LogP contribution in [0.5, 0.6) is 0 Å². The smallest absolute Gasteiger partial charge is 0.244 e. The first-order valence-corrected chi connectivity index (χ1v) is 8.27. The summed E-state index contributed by atoms with van der Waals surface area (Å²) in [6.45, 7) is 5.37. The van der Waals surface area contributed by atoms with E-state index in [1.54, 1.807) is 0 Å². The first-order chi connectivity index (χ1) is 11.6. The van der Waals surface area contributed by atoms with E-state index in [2.05, 4.69) is 42.7 Å². The van der Waals surface area contributed by atoms with Crippen molar-refractivity contribution in [3.8, 4) is 0 Å². The number of hydrogen-bond acceptors (Lipinski definition) is 1. The van der Waals surface area contributed by atoms with Gasteiger partial charge in [0.25, 0.3) is 0 Å². The third-order valence-corrected chi connectivity index (χ3v) is 4.33. The van der Waals surface area contributed by atoms with Crippen molar-refractivity contribution in [3.63, 3.8) is 0 Å². The lowest BCUT2D eigenvalue weighted by Crippen LogP contribution is -2.31. The fraction of sp³-hybridized carbons (Fsp3) is 0.238. The van der Waals surface area contributed by atoms with Crippen molar-refractivity contribution in [3.05, 3.63) is 89.5 Å². The van der Waals surface area contributed by atoms with Gasteiger partial charge in [-0.1, -0.05) is 48.5 Å². The number of Topliss-reactive ketones (excluding diaryl/α,β-unsaturated/α-hetero) is 1. The maximum atomic E-state index is 12.4. The molecule has 0 unspecified atom stereocenters. The van der Waals surface area contributed by atoms with Gasteiger partial charge in [0.2, 0.25) is 6.33 Å². The molecule has 2 aromatic carbocycles. The highest BCUT2D eigenvalue weighted by Gasteiger charge is 2.13. The minimum absolute atomic E-state index is 0.231. The molecule has 3 rings (SSSR count). The summed E-state index contributed by atoms with van der Waals surface area (Å²) in [4.78, 5) is 12.4. The summed E-state index contributed by atoms with van der Waals surface area (Å²) in [5.41, 5.74) is 4.79. The van der Waals surface area contributed by atoms with Gasteiger partial charge in [0.05, 0.1) is 0 Å². The Bertz CT molecular complexity index is 814. The molecule has 0 N–H and O–H groups in total. The predicted molar refractivity (Wildman–Crippen MR) is 94.8 cm³/mol. The van der Waals surface area contributed by atoms with Gasteiger partial charge >= 0.3 is 0 Å². The molecule has 3 nitrogen and oxygen atoms in total. The number of carbonyl (C=O) groups is 1. The van der Waals surface area contributed by atoms with E-state index >= 15 is 0 Å². The molecule has 0 amide bonds. The third-order valence-electron chi connectivity index (χ3n) is 4.33. The monoisotopic (exact) mass is 319 g/mol. The molecule has 1 heterocycles. The lowest BCUT2D eigenvalue weighted by Gasteiger charge is -2.07. The standard InChI is InChI=1S/C21H23N2O/c1-17-7-6-8-18(2)21(17)13-20(24)15-23-12-11-22(16-23)14-19-9-4-3-5-10-19/h3-12,16H,13-15H2,1-2H3/q+1. The molecule has 0 aliphatic rings. The summed E-state index contributed by atoms with van der Waals surface area (Å²) in [6.07, 6.45) is 6.47. The Balaban J connectivity index is 1.63. The van der Waals surface area contributed by atoms with Gasteiger partial charge in [0.1, 0.15) is 25.5 Å². The number of carbonyl (C=O) groups excluding carboxylic acids is 1. The van der Waals surface area contributed by atoms with Gasteiger partial charge in [-0.3, -0.25) is 4.79 Å². The Kier molecular flexibility index (Phi) is 4.90. The topological polar surface area (TPSA) is 25.9 Å². The zero-order valence-corrected chi connectivity index (χ0v) is 14.3. The van der Waals surface area contributed by atoms with Crippen molar-refractivity contribution in [2.75, 3.05) is 0 Å². The van der Waals surface area contributed by atoms with Crippen LogP contribution in [0.1, 0.15) is 22.3 Å². The summed E-state index contributed by atoms with van der Waals surface area (Å²) >= 11 is 0. The van der Waals surface area contributed by atoms with Crippen molar-refractivity contribution < 1.29 is 9.36 Å². The number of aryl methyl sites for hydroxylation is 2. The summed E-state index contributed by atoms with van der Waals surface area (Å²) < 4.78 is 4.06. The second kappa shape index (κ2) is 7.26. The molecule has 0 spiro atoms. The summed E-state index contributed by atoms with van der Waals surface area (Å²) in [5, 5.41) is 0. The minimum Gasteiger partial charge on any atom is -0.295 e. The highest BCUT2D eigenvalue weighted by molar-refractivity contribution is 5.81. The maximum absolute atomic E-state index is 12.4. The lowest BCUT2D eigenvalue weighted by atomic mass is 9.98. The van der Waals surface area contributed by atoms with E-state index in [1.807, 2.05) is 47.6 Å². The van der Waals surface area contributed by atoms with Crippen molar-refractivity contribution in [2.45, 2.75) is 33.4 Å². The fourth-order valence-electron chi connectivity index (χ4n) is 3.00. The number of aromatic nitrogens is 2. The van der Waals surface area contributed by atoms with Crippen LogP contribution < -0.4 is 4.57 Å². The molecule has 0 radical (unpaired) electrons. The predicted octanol–water partition coefficient (Wildman–Crippen LogP) is 3.25. The van der Waals surface area contributed by atoms with Crippen molar-refractivity contribution >= 4 is 5.78 Å². The molecule has 0 atom stereocenters. The normalized spacial score (nSPS) is 10.8. The lowest BCUT2D eigenvalue weighted by molar-refractivity contribution is -0.687. The molecule has 122 valence electrons. The van der Waals surface area contributed by atoms with E-state index in [-0.39, 0.29) is 5.78 Å². The molecule has 24 heavy (non-hydrogen) atoms. The second-order valence-electron chi connectivity index (χ2n) is 6.33. The average Bonchev–Trinajstić information content (AvgIpc) is 2.99. The Labute approximate surface area is 143 Å². The average molecular weight is 319 g/mol. The molecule has 0 saturated carbocycles. The van der Waals surface area contributed by atoms with Crippen LogP contribution in [0.25, 0.3) is 0 Å². The van der Waals surface area contributed by atoms with E-state index in [0.29, 0.717) is 13.0 Å². The van der Waals surface area contributed by atoms with E-state index in [9.17, 15) is 4.79 Å². The van der Waals surface area contributed by atoms with E-state index in [0.717, 1.165) is 12.1 Å². The number of benzene rings is 2. The van der Waals surface area contributed by atoms with Gasteiger partial charge < -0.3 is 0 Å². The van der Waals surface area contributed by atoms with E-state index < -0.39 is 0 Å². The van der Waals surface area contributed by atoms with Crippen LogP contribution in [-0.4, -0.2) is 10.4 Å². The number of rotatable bonds is 6. The van der Waals surface area contributed by atoms with Crippen molar-refractivity contribution in [1.29, 1.82) is 0 Å². The molecular weight excluding hydrogens is 296 g/mol. The van der Waals surface area contributed by atoms with Gasteiger partial charge in [-0.15, -0.1) is 0 Å². The molecule has 3 heteroatoms. The number of hydrogen-bond donors (Lipinski definition) is 0. The van der Waals surface area contributed by atoms with Crippen LogP contribution in [-0.2, 0) is 24.3 Å². The summed E-state index contributed by atoms with van der Waals surface area (Å²) in [7, 11) is 0. The van der Waals surface area contributed by atoms with Gasteiger partial charge in [-0.2, -0.15) is 0 Å². The molecule has 0 fully saturated rings. The number of nitrogens with zero attached hydrogens (tertiary/aromatic N) is 2. The minimum atomic E-state index is 0.231. The Morgan fingerprint density at radius 1 is 1.00 bits per heavy atom. The highest BCUT2D eigenvalue weighted by atomic mass is 16.1. The molecule has 3 aromatic rings. The SMILES string of the molecule is Cc1cccc(C)c1CC(=O)Cn1cc[n+](Cc2ccccc2)c1. The number of ketones is 1. The van der Waals surface area contributed by atoms with Crippen LogP contribution in [0.2, 0.25) is 0 Å². The second-order valence-corrected chi connectivity index (χ2v) is 6.33. The van der Waals surface area contributed by atoms with Crippen LogP contribution in [0.15, 0.2) is 67.3 Å². The molecule has 0 aliphatic heterocycles. The summed E-state index contributed by atoms with van der Waals surface area (Å²) in [5.74, 6) is 0.231. The first kappa shape index (κ1) is 16.2. The molecule has 0 saturated heterocycles. The molecule has 0 bridgehead atoms. The van der Waals surface area contributed by atoms with Crippen LogP contribution in [0.4, 0.5) is 0 Å². The van der Waals surface area contributed by atoms with E-state index in [1.165, 1.54) is 16.7 Å². The Morgan fingerprint density at radius 2 is 1.71 bits per heavy atom. The fourth-order valence-corrected chi connectivity index (χ4v) is 3.00. The first-order valence-electron chi connectivity index (χ1n) is 8.27. The molecule has 1 aromatic heterocycles. The van der Waals surface area contributed by atoms with Crippen LogP contribution in [0, 0.1) is 13.8 Å². The Hall–Kier alpha value is -2.68. The van der Waals surface area contributed by atoms with Crippen molar-refractivity contribution in [2.24, 2.45) is 0 Å². The zero-order valence-electron chi connectivity index (χ0n) is 14.3. The van der Waals surface area contributed by atoms with Gasteiger partial charge in [0.15, 0.2) is 5.78 Å². The number of imidazole rings is 1. The molecule has 0 aliphatic carbocycles. The van der Waals surface area contributed by atoms with Crippen LogP contribution >= 0.6 is 0 Å². The van der Waals surface area contributed by atoms with Gasteiger partial charge in [-0.05, 0) is 36.1 Å². The highest BCUT2D eigenvalue weighted by Crippen LogP contribution is 2.14. The van der Waals surface area contributed by atoms with E-state index in [4.69, 9.17) is 0 Å². The van der Waals surface area contributed by atoms with Crippen molar-refractivity contribution in [1.82, 2.24) is 4.57 Å². The summed E-state index contributed by atoms with van der Waals surface area (Å²) in [6, 6.07) is 16.5. The Morgan fingerprint density at radius 3 is 2.42 bits per heavy atom. The third kappa shape index (κ3) is 3.99. The van der Waals surface area contributed by atoms with Gasteiger partial charge in [0, 0.05) is 6.42 Å². The largest absolute Gasteiger partial charge is 0.295 e. The molecular formula is C21H23N2O+.